The molecule has 1 heterocycles. The number of hydrogen-bond acceptors (Lipinski definition) is 3. The third kappa shape index (κ3) is 2.20. The van der Waals surface area contributed by atoms with Gasteiger partial charge in [-0.3, -0.25) is 4.79 Å². The second kappa shape index (κ2) is 4.61. The molecule has 4 nitrogen and oxygen atoms in total. The zero-order chi connectivity index (χ0) is 12.5. The van der Waals surface area contributed by atoms with Crippen LogP contribution in [0.3, 0.4) is 0 Å². The van der Waals surface area contributed by atoms with Gasteiger partial charge in [-0.15, -0.1) is 0 Å². The number of nitrogens with one attached hydrogen (secondary N) is 1. The van der Waals surface area contributed by atoms with E-state index in [1.165, 1.54) is 5.56 Å². The van der Waals surface area contributed by atoms with Crippen LogP contribution in [-0.4, -0.2) is 23.7 Å². The highest BCUT2D eigenvalue weighted by molar-refractivity contribution is 5.78. The van der Waals surface area contributed by atoms with Gasteiger partial charge in [-0.2, -0.15) is 0 Å². The third-order valence-electron chi connectivity index (χ3n) is 3.70. The topological polar surface area (TPSA) is 58.6 Å². The molecule has 1 saturated heterocycles. The number of aliphatic hydroxyl groups excluding tert-OH is 1. The maximum absolute atomic E-state index is 11.1. The van der Waals surface area contributed by atoms with Crippen molar-refractivity contribution in [3.8, 4) is 5.75 Å². The summed E-state index contributed by atoms with van der Waals surface area (Å²) in [6.07, 6.45) is 2.85. The molecule has 1 aliphatic heterocycles. The van der Waals surface area contributed by atoms with Gasteiger partial charge in [0.15, 0.2) is 0 Å². The van der Waals surface area contributed by atoms with Crippen molar-refractivity contribution in [2.24, 2.45) is 0 Å². The lowest BCUT2D eigenvalue weighted by atomic mass is 10.1. The molecule has 0 radical (unpaired) electrons. The molecule has 0 bridgehead atoms. The summed E-state index contributed by atoms with van der Waals surface area (Å²) in [4.78, 5) is 11.1. The van der Waals surface area contributed by atoms with Gasteiger partial charge in [0.25, 0.3) is 0 Å². The molecule has 4 heteroatoms. The van der Waals surface area contributed by atoms with Crippen LogP contribution in [0.5, 0.6) is 5.75 Å². The minimum absolute atomic E-state index is 0.112. The summed E-state index contributed by atoms with van der Waals surface area (Å²) in [5.74, 6) is 0.935. The number of amides is 1. The van der Waals surface area contributed by atoms with Gasteiger partial charge in [0.1, 0.15) is 12.4 Å². The third-order valence-corrected chi connectivity index (χ3v) is 3.70. The van der Waals surface area contributed by atoms with Crippen molar-refractivity contribution in [2.75, 3.05) is 6.61 Å². The maximum Gasteiger partial charge on any atom is 0.220 e. The molecule has 1 amide bonds. The highest BCUT2D eigenvalue weighted by Gasteiger charge is 2.22. The average molecular weight is 247 g/mol. The Morgan fingerprint density at radius 1 is 1.33 bits per heavy atom. The summed E-state index contributed by atoms with van der Waals surface area (Å²) < 4.78 is 5.70. The SMILES string of the molecule is O=C1CCC(COc2ccc3c(c2)CC[C@@H]3O)N1. The average Bonchev–Trinajstić information content (AvgIpc) is 2.94. The molecule has 1 aliphatic carbocycles. The zero-order valence-electron chi connectivity index (χ0n) is 10.2. The molecule has 0 aromatic heterocycles. The van der Waals surface area contributed by atoms with E-state index >= 15 is 0 Å². The van der Waals surface area contributed by atoms with Crippen molar-refractivity contribution in [1.29, 1.82) is 0 Å². The highest BCUT2D eigenvalue weighted by atomic mass is 16.5. The van der Waals surface area contributed by atoms with E-state index in [1.807, 2.05) is 18.2 Å². The van der Waals surface area contributed by atoms with Crippen LogP contribution in [-0.2, 0) is 11.2 Å². The second-order valence-electron chi connectivity index (χ2n) is 5.03. The van der Waals surface area contributed by atoms with Crippen molar-refractivity contribution >= 4 is 5.91 Å². The predicted octanol–water partition coefficient (Wildman–Crippen LogP) is 1.32. The van der Waals surface area contributed by atoms with Gasteiger partial charge < -0.3 is 15.2 Å². The van der Waals surface area contributed by atoms with Crippen molar-refractivity contribution in [3.05, 3.63) is 29.3 Å². The van der Waals surface area contributed by atoms with Gasteiger partial charge in [0.2, 0.25) is 5.91 Å². The van der Waals surface area contributed by atoms with Crippen LogP contribution in [0.15, 0.2) is 18.2 Å². The van der Waals surface area contributed by atoms with Crippen molar-refractivity contribution in [1.82, 2.24) is 5.32 Å². The maximum atomic E-state index is 11.1. The van der Waals surface area contributed by atoms with Gasteiger partial charge in [-0.05, 0) is 42.5 Å². The smallest absolute Gasteiger partial charge is 0.220 e. The van der Waals surface area contributed by atoms with E-state index in [4.69, 9.17) is 4.74 Å². The summed E-state index contributed by atoms with van der Waals surface area (Å²) >= 11 is 0. The Bertz CT molecular complexity index is 472. The van der Waals surface area contributed by atoms with E-state index in [2.05, 4.69) is 5.32 Å². The summed E-state index contributed by atoms with van der Waals surface area (Å²) in [6, 6.07) is 5.97. The minimum Gasteiger partial charge on any atom is -0.491 e. The fourth-order valence-corrected chi connectivity index (χ4v) is 2.66. The van der Waals surface area contributed by atoms with Crippen LogP contribution in [0.1, 0.15) is 36.5 Å². The number of ether oxygens (including phenoxy) is 1. The second-order valence-corrected chi connectivity index (χ2v) is 5.03. The van der Waals surface area contributed by atoms with E-state index < -0.39 is 0 Å². The molecule has 1 aromatic rings. The first-order chi connectivity index (χ1) is 8.72. The Hall–Kier alpha value is -1.55. The van der Waals surface area contributed by atoms with Gasteiger partial charge >= 0.3 is 0 Å². The van der Waals surface area contributed by atoms with Crippen molar-refractivity contribution in [2.45, 2.75) is 37.8 Å². The van der Waals surface area contributed by atoms with Crippen molar-refractivity contribution in [3.63, 3.8) is 0 Å². The molecule has 96 valence electrons. The van der Waals surface area contributed by atoms with E-state index in [1.54, 1.807) is 0 Å². The van der Waals surface area contributed by atoms with Gasteiger partial charge in [0, 0.05) is 6.42 Å². The fourth-order valence-electron chi connectivity index (χ4n) is 2.66. The quantitative estimate of drug-likeness (QED) is 0.847. The number of carbonyl (C=O) groups is 1. The van der Waals surface area contributed by atoms with Gasteiger partial charge in [0.05, 0.1) is 12.1 Å². The van der Waals surface area contributed by atoms with Crippen LogP contribution >= 0.6 is 0 Å². The Kier molecular flexibility index (Phi) is 2.96. The van der Waals surface area contributed by atoms with Crippen molar-refractivity contribution < 1.29 is 14.6 Å². The number of carbonyl (C=O) groups excluding carboxylic acids is 1. The van der Waals surface area contributed by atoms with Gasteiger partial charge in [-0.1, -0.05) is 6.07 Å². The van der Waals surface area contributed by atoms with E-state index in [9.17, 15) is 9.90 Å². The monoisotopic (exact) mass is 247 g/mol. The Morgan fingerprint density at radius 3 is 3.00 bits per heavy atom. The fraction of sp³-hybridized carbons (Fsp3) is 0.500. The molecular formula is C14H17NO3. The number of benzene rings is 1. The van der Waals surface area contributed by atoms with E-state index in [-0.39, 0.29) is 18.1 Å². The molecule has 1 aromatic carbocycles. The summed E-state index contributed by atoms with van der Waals surface area (Å²) in [6.45, 7) is 0.521. The normalized spacial score (nSPS) is 25.9. The number of fused-ring (bicyclic) bond motifs is 1. The molecule has 0 saturated carbocycles. The Labute approximate surface area is 106 Å². The zero-order valence-corrected chi connectivity index (χ0v) is 10.2. The van der Waals surface area contributed by atoms with Gasteiger partial charge in [-0.25, -0.2) is 0 Å². The minimum atomic E-state index is -0.317. The molecule has 2 aliphatic rings. The van der Waals surface area contributed by atoms with E-state index in [0.717, 1.165) is 30.6 Å². The first-order valence-corrected chi connectivity index (χ1v) is 6.45. The molecule has 3 rings (SSSR count). The molecule has 0 spiro atoms. The number of aryl methyl sites for hydroxylation is 1. The number of hydrogen-bond donors (Lipinski definition) is 2. The molecular weight excluding hydrogens is 230 g/mol. The van der Waals surface area contributed by atoms with E-state index in [0.29, 0.717) is 13.0 Å². The number of rotatable bonds is 3. The Morgan fingerprint density at radius 2 is 2.22 bits per heavy atom. The lowest BCUT2D eigenvalue weighted by molar-refractivity contribution is -0.119. The predicted molar refractivity (Wildman–Crippen MR) is 66.4 cm³/mol. The van der Waals surface area contributed by atoms with Crippen LogP contribution in [0.4, 0.5) is 0 Å². The number of aliphatic hydroxyl groups is 1. The summed E-state index contributed by atoms with van der Waals surface area (Å²) in [7, 11) is 0. The molecule has 1 fully saturated rings. The highest BCUT2D eigenvalue weighted by Crippen LogP contribution is 2.33. The largest absolute Gasteiger partial charge is 0.491 e. The standard InChI is InChI=1S/C14H17NO3/c16-13-5-1-9-7-11(3-4-12(9)13)18-8-10-2-6-14(17)15-10/h3-4,7,10,13,16H,1-2,5-6,8H2,(H,15,17)/t10?,13-/m0/s1. The molecule has 2 N–H and O–H groups in total. The lowest BCUT2D eigenvalue weighted by Crippen LogP contribution is -2.30. The first kappa shape index (κ1) is 11.5. The van der Waals surface area contributed by atoms with Crippen LogP contribution in [0, 0.1) is 0 Å². The summed E-state index contributed by atoms with van der Waals surface area (Å²) in [5, 5.41) is 12.6. The lowest BCUT2D eigenvalue weighted by Gasteiger charge is -2.13. The Balaban J connectivity index is 1.62. The molecule has 2 atom stereocenters. The van der Waals surface area contributed by atoms with Crippen LogP contribution in [0.25, 0.3) is 0 Å². The van der Waals surface area contributed by atoms with Crippen LogP contribution < -0.4 is 10.1 Å². The first-order valence-electron chi connectivity index (χ1n) is 6.45. The van der Waals surface area contributed by atoms with Crippen LogP contribution in [0.2, 0.25) is 0 Å². The summed E-state index contributed by atoms with van der Waals surface area (Å²) in [5.41, 5.74) is 2.20. The molecule has 1 unspecified atom stereocenters. The molecule has 18 heavy (non-hydrogen) atoms.